The Labute approximate surface area is 527 Å². The third-order valence-corrected chi connectivity index (χ3v) is 16.2. The van der Waals surface area contributed by atoms with E-state index in [0.717, 1.165) is 148 Å². The maximum Gasteiger partial charge on any atom is 0.317 e. The van der Waals surface area contributed by atoms with Crippen molar-refractivity contribution in [2.24, 2.45) is 35.5 Å². The Morgan fingerprint density at radius 2 is 1.09 bits per heavy atom. The number of unbranched alkanes of at least 4 members (excludes halogenated alkanes) is 21. The molecular formula is C71H114O17. The number of Topliss-reactive ketones (excluding diaryl/α,β-unsaturated/α-hetero) is 1. The number of esters is 3. The van der Waals surface area contributed by atoms with Crippen LogP contribution < -0.4 is 0 Å². The number of cyclic esters (lactones) is 2. The number of allylic oxidation sites excluding steroid dienone is 12. The quantitative estimate of drug-likeness (QED) is 0.00945. The molecule has 0 radical (unpaired) electrons. The molecule has 0 spiro atoms. The predicted octanol–water partition coefficient (Wildman–Crippen LogP) is 15.8. The summed E-state index contributed by atoms with van der Waals surface area (Å²) in [5.74, 6) is -10.3. The number of carbonyl (C=O) groups is 8. The zero-order valence-corrected chi connectivity index (χ0v) is 54.2. The summed E-state index contributed by atoms with van der Waals surface area (Å²) in [7, 11) is 0. The molecule has 8 atom stereocenters. The molecule has 1 saturated heterocycles. The van der Waals surface area contributed by atoms with E-state index in [4.69, 9.17) is 24.1 Å². The minimum atomic E-state index is -1.47. The van der Waals surface area contributed by atoms with Crippen molar-refractivity contribution in [1.29, 1.82) is 0 Å². The maximum absolute atomic E-state index is 13.2. The Kier molecular flexibility index (Phi) is 47.8. The predicted molar refractivity (Wildman–Crippen MR) is 343 cm³/mol. The van der Waals surface area contributed by atoms with Crippen LogP contribution in [0.15, 0.2) is 72.9 Å². The molecule has 0 amide bonds. The number of ether oxygens (including phenoxy) is 4. The van der Waals surface area contributed by atoms with E-state index in [1.54, 1.807) is 19.1 Å². The molecule has 17 heteroatoms. The molecule has 500 valence electrons. The fourth-order valence-electron chi connectivity index (χ4n) is 10.9. The number of ketones is 1. The van der Waals surface area contributed by atoms with Crippen molar-refractivity contribution in [3.8, 4) is 0 Å². The molecule has 0 aromatic carbocycles. The number of hydrogen-bond donors (Lipinski definition) is 5. The maximum atomic E-state index is 13.2. The minimum Gasteiger partial charge on any atom is -0.481 e. The van der Waals surface area contributed by atoms with E-state index in [2.05, 4.69) is 38.2 Å². The van der Waals surface area contributed by atoms with Crippen LogP contribution >= 0.6 is 0 Å². The Bertz CT molecular complexity index is 2140. The number of rotatable bonds is 59. The molecule has 1 aliphatic heterocycles. The minimum absolute atomic E-state index is 0.0200. The lowest BCUT2D eigenvalue weighted by Crippen LogP contribution is -2.36. The lowest BCUT2D eigenvalue weighted by Gasteiger charge is -2.27. The summed E-state index contributed by atoms with van der Waals surface area (Å²) in [6, 6.07) is 0. The van der Waals surface area contributed by atoms with Gasteiger partial charge in [-0.25, -0.2) is 0 Å². The van der Waals surface area contributed by atoms with E-state index in [9.17, 15) is 58.8 Å². The van der Waals surface area contributed by atoms with Gasteiger partial charge in [0.15, 0.2) is 11.6 Å². The zero-order chi connectivity index (χ0) is 65.1. The van der Waals surface area contributed by atoms with Crippen molar-refractivity contribution in [2.45, 2.75) is 271 Å². The van der Waals surface area contributed by atoms with E-state index in [-0.39, 0.29) is 56.2 Å². The Balaban J connectivity index is 2.65. The molecule has 1 aliphatic rings. The highest BCUT2D eigenvalue weighted by Crippen LogP contribution is 2.31. The molecule has 0 aromatic rings. The number of aliphatic hydroxyl groups is 1. The van der Waals surface area contributed by atoms with Crippen LogP contribution in [0.4, 0.5) is 0 Å². The van der Waals surface area contributed by atoms with Gasteiger partial charge in [0.2, 0.25) is 0 Å². The van der Waals surface area contributed by atoms with Gasteiger partial charge in [-0.1, -0.05) is 203 Å². The summed E-state index contributed by atoms with van der Waals surface area (Å²) in [6.45, 7) is 7.39. The van der Waals surface area contributed by atoms with Gasteiger partial charge in [0, 0.05) is 19.3 Å². The average Bonchev–Trinajstić information content (AvgIpc) is 4.02. The van der Waals surface area contributed by atoms with Gasteiger partial charge in [0.1, 0.15) is 12.7 Å². The van der Waals surface area contributed by atoms with Crippen LogP contribution in [0.5, 0.6) is 0 Å². The number of carboxylic acids is 4. The lowest BCUT2D eigenvalue weighted by atomic mass is 9.85. The summed E-state index contributed by atoms with van der Waals surface area (Å²) in [6.07, 6.45) is 50.2. The van der Waals surface area contributed by atoms with Crippen LogP contribution in [0, 0.1) is 35.5 Å². The van der Waals surface area contributed by atoms with Crippen molar-refractivity contribution < 1.29 is 82.8 Å². The topological polar surface area (TPSA) is 275 Å². The van der Waals surface area contributed by atoms with Crippen LogP contribution in [0.1, 0.15) is 259 Å². The number of hydrogen-bond acceptors (Lipinski definition) is 13. The standard InChI is InChI=1S/C71H114O17/c1-5-8-10-11-27-37-45-58(63-52-67(78)88-70(63)83)46-38-30-24-25-32-40-48-66(77)87-60(54-85-53-59(72)47-39-31-23-19-16-18-22-29-36-44-57(43-34-9-6-2)62(69(81)82)51-65(75)76)55-86-71(4,84)49-41-33-26-20-15-13-12-14-17-21-28-35-42-56(7-3)61(68(79)80)50-64(73)74/h12,14,21-22,28-29,35-36,38,42,44,46,56-58,60-63,84H,5-11,13,15-20,23-27,30-34,37,39-41,43,45,47-55H2,1-4H3,(H,73,74)(H,75,76)(H,79,80)(H,81,82)/b14-12-,28-21-,29-22-,42-35+,44-36+,46-38+. The summed E-state index contributed by atoms with van der Waals surface area (Å²) >= 11 is 0. The van der Waals surface area contributed by atoms with Gasteiger partial charge < -0.3 is 44.5 Å². The summed E-state index contributed by atoms with van der Waals surface area (Å²) in [5.41, 5.74) is 0. The fourth-order valence-corrected chi connectivity index (χ4v) is 10.9. The molecule has 1 rings (SSSR count). The second-order valence-corrected chi connectivity index (χ2v) is 24.1. The molecular weight excluding hydrogens is 1120 g/mol. The van der Waals surface area contributed by atoms with Crippen LogP contribution in [-0.4, -0.2) is 105 Å². The van der Waals surface area contributed by atoms with Gasteiger partial charge in [0.05, 0.1) is 50.2 Å². The van der Waals surface area contributed by atoms with Gasteiger partial charge in [-0.3, -0.25) is 38.4 Å². The largest absolute Gasteiger partial charge is 0.481 e. The van der Waals surface area contributed by atoms with Gasteiger partial charge in [-0.05, 0) is 108 Å². The van der Waals surface area contributed by atoms with Crippen molar-refractivity contribution in [1.82, 2.24) is 0 Å². The summed E-state index contributed by atoms with van der Waals surface area (Å²) in [5, 5.41) is 48.6. The van der Waals surface area contributed by atoms with E-state index in [1.807, 2.05) is 43.4 Å². The smallest absolute Gasteiger partial charge is 0.317 e. The number of carbonyl (C=O) groups excluding carboxylic acids is 4. The van der Waals surface area contributed by atoms with Crippen molar-refractivity contribution in [2.75, 3.05) is 19.8 Å². The Hall–Kier alpha value is -5.52. The van der Waals surface area contributed by atoms with Gasteiger partial charge >= 0.3 is 41.8 Å². The second-order valence-electron chi connectivity index (χ2n) is 24.1. The van der Waals surface area contributed by atoms with Gasteiger partial charge in [0.25, 0.3) is 0 Å². The van der Waals surface area contributed by atoms with Gasteiger partial charge in [-0.15, -0.1) is 0 Å². The Morgan fingerprint density at radius 3 is 1.69 bits per heavy atom. The SMILES string of the molecule is CCCCCCCCC(/C=C/CCCCCCC(=O)OC(COCC(=O)CCCCCCC/C=C\C=C\C(CCCCC)C(CC(=O)O)C(=O)O)COC(C)(O)CCCCCCC/C=C\C/C=C\C=C\C(CC)C(CC(=O)O)C(=O)O)C1CC(=O)OC1=O. The third kappa shape index (κ3) is 43.2. The molecule has 88 heavy (non-hydrogen) atoms. The summed E-state index contributed by atoms with van der Waals surface area (Å²) in [4.78, 5) is 96.1. The van der Waals surface area contributed by atoms with Crippen LogP contribution in [-0.2, 0) is 57.3 Å². The molecule has 1 fully saturated rings. The number of carboxylic acid groups (broad SMARTS) is 4. The molecule has 5 N–H and O–H groups in total. The van der Waals surface area contributed by atoms with Crippen LogP contribution in [0.25, 0.3) is 0 Å². The van der Waals surface area contributed by atoms with Crippen molar-refractivity contribution in [3.63, 3.8) is 0 Å². The molecule has 17 nitrogen and oxygen atoms in total. The highest BCUT2D eigenvalue weighted by molar-refractivity contribution is 5.95. The molecule has 0 bridgehead atoms. The molecule has 0 saturated carbocycles. The first-order chi connectivity index (χ1) is 42.3. The fraction of sp³-hybridized carbons (Fsp3) is 0.718. The van der Waals surface area contributed by atoms with Gasteiger partial charge in [-0.2, -0.15) is 0 Å². The molecule has 8 unspecified atom stereocenters. The second kappa shape index (κ2) is 52.3. The van der Waals surface area contributed by atoms with Crippen molar-refractivity contribution >= 4 is 47.6 Å². The highest BCUT2D eigenvalue weighted by Gasteiger charge is 2.38. The average molecular weight is 1240 g/mol. The highest BCUT2D eigenvalue weighted by atomic mass is 16.6. The first-order valence-electron chi connectivity index (χ1n) is 33.6. The Morgan fingerprint density at radius 1 is 0.568 bits per heavy atom. The van der Waals surface area contributed by atoms with Crippen LogP contribution in [0.3, 0.4) is 0 Å². The third-order valence-electron chi connectivity index (χ3n) is 16.2. The number of aliphatic carboxylic acids is 4. The normalized spacial score (nSPS) is 16.7. The van der Waals surface area contributed by atoms with E-state index in [0.29, 0.717) is 32.1 Å². The molecule has 1 heterocycles. The van der Waals surface area contributed by atoms with Crippen molar-refractivity contribution in [3.05, 3.63) is 72.9 Å². The molecule has 0 aromatic heterocycles. The first kappa shape index (κ1) is 80.5. The zero-order valence-electron chi connectivity index (χ0n) is 54.2. The lowest BCUT2D eigenvalue weighted by molar-refractivity contribution is -0.216. The first-order valence-corrected chi connectivity index (χ1v) is 33.6. The van der Waals surface area contributed by atoms with Crippen LogP contribution in [0.2, 0.25) is 0 Å². The van der Waals surface area contributed by atoms with E-state index >= 15 is 0 Å². The summed E-state index contributed by atoms with van der Waals surface area (Å²) < 4.78 is 22.4. The monoisotopic (exact) mass is 1240 g/mol. The molecule has 0 aliphatic carbocycles. The van der Waals surface area contributed by atoms with E-state index in [1.165, 1.54) is 25.7 Å². The van der Waals surface area contributed by atoms with E-state index < -0.39 is 84.3 Å².